The molecule has 0 aromatic rings. The molecule has 0 fully saturated rings. The summed E-state index contributed by atoms with van der Waals surface area (Å²) in [6.07, 6.45) is 103. The highest BCUT2D eigenvalue weighted by atomic mass is 16.7. The number of unbranched alkanes of at least 4 members (excludes halogenated alkanes) is 52. The molecule has 0 aliphatic rings. The number of aliphatic carboxylic acids is 1. The van der Waals surface area contributed by atoms with Crippen LogP contribution in [0.1, 0.15) is 412 Å². The molecule has 0 spiro atoms. The molecule has 0 aromatic carbocycles. The number of likely N-dealkylation sites (N-methyl/N-ethyl adjacent to an activating group) is 1. The van der Waals surface area contributed by atoms with Gasteiger partial charge in [-0.3, -0.25) is 9.59 Å². The summed E-state index contributed by atoms with van der Waals surface area (Å²) in [7, 11) is 5.95. The molecule has 0 aromatic heterocycles. The van der Waals surface area contributed by atoms with Gasteiger partial charge in [0, 0.05) is 12.8 Å². The van der Waals surface area contributed by atoms with Crippen molar-refractivity contribution in [3.8, 4) is 0 Å². The number of ether oxygens (including phenoxy) is 4. The van der Waals surface area contributed by atoms with Crippen molar-refractivity contribution in [3.63, 3.8) is 0 Å². The van der Waals surface area contributed by atoms with Crippen molar-refractivity contribution in [1.82, 2.24) is 0 Å². The van der Waals surface area contributed by atoms with Crippen molar-refractivity contribution in [1.29, 1.82) is 0 Å². The average Bonchev–Trinajstić information content (AvgIpc) is 3.27. The summed E-state index contributed by atoms with van der Waals surface area (Å²) >= 11 is 0. The zero-order chi connectivity index (χ0) is 70.4. The Labute approximate surface area is 602 Å². The van der Waals surface area contributed by atoms with Crippen molar-refractivity contribution in [2.75, 3.05) is 47.5 Å². The normalized spacial score (nSPS) is 13.0. The highest BCUT2D eigenvalue weighted by molar-refractivity contribution is 5.70. The molecular formula is C88H161NO8. The van der Waals surface area contributed by atoms with Crippen LogP contribution in [0, 0.1) is 0 Å². The first-order chi connectivity index (χ1) is 47.6. The molecule has 0 rings (SSSR count). The summed E-state index contributed by atoms with van der Waals surface area (Å²) in [5.41, 5.74) is 0. The first-order valence-corrected chi connectivity index (χ1v) is 42.1. The maximum absolute atomic E-state index is 13.0. The van der Waals surface area contributed by atoms with E-state index in [-0.39, 0.29) is 32.2 Å². The van der Waals surface area contributed by atoms with Crippen LogP contribution in [0.4, 0.5) is 0 Å². The van der Waals surface area contributed by atoms with E-state index in [4.69, 9.17) is 18.9 Å². The maximum Gasteiger partial charge on any atom is 0.306 e. The topological polar surface area (TPSA) is 111 Å². The number of allylic oxidation sites excluding steroid dienone is 12. The summed E-state index contributed by atoms with van der Waals surface area (Å²) < 4.78 is 22.9. The highest BCUT2D eigenvalue weighted by Crippen LogP contribution is 2.20. The molecule has 566 valence electrons. The van der Waals surface area contributed by atoms with Crippen LogP contribution in [0.5, 0.6) is 0 Å². The lowest BCUT2D eigenvalue weighted by atomic mass is 10.0. The van der Waals surface area contributed by atoms with E-state index in [0.717, 1.165) is 77.0 Å². The Morgan fingerprint density at radius 2 is 0.588 bits per heavy atom. The number of hydrogen-bond acceptors (Lipinski definition) is 8. The van der Waals surface area contributed by atoms with Crippen LogP contribution in [0.2, 0.25) is 0 Å². The van der Waals surface area contributed by atoms with Gasteiger partial charge in [0.1, 0.15) is 13.2 Å². The molecule has 2 unspecified atom stereocenters. The van der Waals surface area contributed by atoms with E-state index in [1.165, 1.54) is 308 Å². The molecule has 9 nitrogen and oxygen atoms in total. The zero-order valence-corrected chi connectivity index (χ0v) is 65.0. The number of carbonyl (C=O) groups excluding carboxylic acids is 3. The highest BCUT2D eigenvalue weighted by Gasteiger charge is 2.22. The molecule has 0 aliphatic heterocycles. The van der Waals surface area contributed by atoms with Gasteiger partial charge in [0.15, 0.2) is 12.4 Å². The van der Waals surface area contributed by atoms with Crippen LogP contribution in [-0.2, 0) is 33.3 Å². The third kappa shape index (κ3) is 79.9. The molecule has 0 N–H and O–H groups in total. The van der Waals surface area contributed by atoms with Gasteiger partial charge in [0.25, 0.3) is 0 Å². The molecule has 97 heavy (non-hydrogen) atoms. The summed E-state index contributed by atoms with van der Waals surface area (Å²) in [6, 6.07) is 0. The van der Waals surface area contributed by atoms with Gasteiger partial charge in [0.05, 0.1) is 40.3 Å². The number of hydrogen-bond donors (Lipinski definition) is 0. The molecule has 0 radical (unpaired) electrons. The number of carbonyl (C=O) groups is 3. The monoisotopic (exact) mass is 1360 g/mol. The minimum Gasteiger partial charge on any atom is -0.545 e. The van der Waals surface area contributed by atoms with Crippen molar-refractivity contribution in [3.05, 3.63) is 72.9 Å². The zero-order valence-electron chi connectivity index (χ0n) is 65.0. The first kappa shape index (κ1) is 93.7. The third-order valence-corrected chi connectivity index (χ3v) is 19.0. The predicted octanol–water partition coefficient (Wildman–Crippen LogP) is 25.8. The van der Waals surface area contributed by atoms with Gasteiger partial charge >= 0.3 is 11.9 Å². The van der Waals surface area contributed by atoms with Crippen LogP contribution in [-0.4, -0.2) is 82.3 Å². The molecule has 0 amide bonds. The largest absolute Gasteiger partial charge is 0.545 e. The fraction of sp³-hybridized carbons (Fsp3) is 0.830. The Morgan fingerprint density at radius 3 is 0.876 bits per heavy atom. The van der Waals surface area contributed by atoms with Gasteiger partial charge in [-0.25, -0.2) is 0 Å². The smallest absolute Gasteiger partial charge is 0.306 e. The molecular weight excluding hydrogens is 1200 g/mol. The standard InChI is InChI=1S/C88H161NO8/c1-6-8-10-12-14-16-18-20-22-24-26-28-30-32-34-36-38-39-40-41-42-43-44-45-46-47-49-51-53-55-57-59-61-63-65-67-69-71-73-75-77-79-86(91)97-84(83-96-88(87(92)93)94-81-80-89(3,4)5)82-95-85(90)78-76-74-72-70-68-66-64-62-60-58-56-54-52-50-48-37-35-33-31-29-27-25-23-21-19-17-15-13-11-9-7-2/h8,10,14,16,20,22,26,28,32,34,38-39,84,88H,6-7,9,11-13,15,17-19,21,23-25,27,29-31,33,35-37,40-83H2,1-5H3/b10-8-,16-14-,22-20-,28-26-,34-32-,39-38-. The van der Waals surface area contributed by atoms with Gasteiger partial charge in [-0.1, -0.05) is 408 Å². The molecule has 0 saturated heterocycles. The summed E-state index contributed by atoms with van der Waals surface area (Å²) in [5.74, 6) is -2.25. The van der Waals surface area contributed by atoms with Crippen LogP contribution >= 0.6 is 0 Å². The molecule has 0 aliphatic carbocycles. The summed E-state index contributed by atoms with van der Waals surface area (Å²) in [4.78, 5) is 37.6. The Morgan fingerprint density at radius 1 is 0.320 bits per heavy atom. The Bertz CT molecular complexity index is 1830. The van der Waals surface area contributed by atoms with E-state index in [0.29, 0.717) is 17.4 Å². The lowest BCUT2D eigenvalue weighted by Gasteiger charge is -2.26. The predicted molar refractivity (Wildman–Crippen MR) is 417 cm³/mol. The average molecular weight is 1360 g/mol. The lowest BCUT2D eigenvalue weighted by Crippen LogP contribution is -2.44. The first-order valence-electron chi connectivity index (χ1n) is 42.1. The Hall–Kier alpha value is -3.27. The quantitative estimate of drug-likeness (QED) is 0.0195. The van der Waals surface area contributed by atoms with Gasteiger partial charge < -0.3 is 33.3 Å². The molecule has 2 atom stereocenters. The Kier molecular flexibility index (Phi) is 75.8. The fourth-order valence-corrected chi connectivity index (χ4v) is 12.6. The number of rotatable bonds is 79. The third-order valence-electron chi connectivity index (χ3n) is 19.0. The van der Waals surface area contributed by atoms with Gasteiger partial charge in [-0.2, -0.15) is 0 Å². The SMILES string of the molecule is CC/C=C\C/C=C\C/C=C\C/C=C\C/C=C\C/C=C\CCCCCCCCCCCCCCCCCCCCCCCCC(=O)OC(COC(=O)CCCCCCCCCCCCCCCCCCCCCCCCCCCCCCCCC)COC(OCC[N+](C)(C)C)C(=O)[O-]. The van der Waals surface area contributed by atoms with Crippen molar-refractivity contribution in [2.24, 2.45) is 0 Å². The second-order valence-corrected chi connectivity index (χ2v) is 29.8. The fourth-order valence-electron chi connectivity index (χ4n) is 12.6. The number of carboxylic acid groups (broad SMARTS) is 1. The van der Waals surface area contributed by atoms with Crippen LogP contribution in [0.25, 0.3) is 0 Å². The van der Waals surface area contributed by atoms with Crippen LogP contribution in [0.15, 0.2) is 72.9 Å². The summed E-state index contributed by atoms with van der Waals surface area (Å²) in [5, 5.41) is 11.9. The number of esters is 2. The minimum atomic E-state index is -1.62. The molecule has 0 bridgehead atoms. The van der Waals surface area contributed by atoms with Crippen LogP contribution in [0.3, 0.4) is 0 Å². The number of carboxylic acids is 1. The summed E-state index contributed by atoms with van der Waals surface area (Å²) in [6.45, 7) is 4.71. The van der Waals surface area contributed by atoms with Crippen molar-refractivity contribution >= 4 is 17.9 Å². The maximum atomic E-state index is 13.0. The van der Waals surface area contributed by atoms with E-state index in [1.807, 2.05) is 21.1 Å². The Balaban J connectivity index is 3.94. The van der Waals surface area contributed by atoms with Crippen LogP contribution < -0.4 is 5.11 Å². The second-order valence-electron chi connectivity index (χ2n) is 29.8. The van der Waals surface area contributed by atoms with E-state index in [1.54, 1.807) is 0 Å². The lowest BCUT2D eigenvalue weighted by molar-refractivity contribution is -0.870. The van der Waals surface area contributed by atoms with Crippen molar-refractivity contribution in [2.45, 2.75) is 424 Å². The minimum absolute atomic E-state index is 0.150. The number of nitrogens with zero attached hydrogens (tertiary/aromatic N) is 1. The second kappa shape index (κ2) is 78.4. The van der Waals surface area contributed by atoms with E-state index in [9.17, 15) is 19.5 Å². The molecule has 9 heteroatoms. The van der Waals surface area contributed by atoms with E-state index >= 15 is 0 Å². The van der Waals surface area contributed by atoms with Gasteiger partial charge in [0.2, 0.25) is 0 Å². The molecule has 0 heterocycles. The van der Waals surface area contributed by atoms with Gasteiger partial charge in [-0.15, -0.1) is 0 Å². The number of quaternary nitrogens is 1. The van der Waals surface area contributed by atoms with E-state index < -0.39 is 24.3 Å². The van der Waals surface area contributed by atoms with E-state index in [2.05, 4.69) is 86.8 Å². The van der Waals surface area contributed by atoms with Gasteiger partial charge in [-0.05, 0) is 64.2 Å². The molecule has 0 saturated carbocycles. The van der Waals surface area contributed by atoms with Crippen molar-refractivity contribution < 1.29 is 42.9 Å².